The lowest BCUT2D eigenvalue weighted by atomic mass is 10.2. The standard InChI is InChI=1S/C18H17ClN2O5S/c1-12-10-14(21(24)25)4-7-16(12)20-17(22)11-26-18(23)8-9-27-15-5-2-13(19)3-6-15/h2-7,10H,8-9,11H2,1H3,(H,20,22). The molecule has 0 spiro atoms. The quantitative estimate of drug-likeness (QED) is 0.304. The van der Waals surface area contributed by atoms with Gasteiger partial charge < -0.3 is 10.1 Å². The van der Waals surface area contributed by atoms with Crippen LogP contribution in [0.5, 0.6) is 0 Å². The van der Waals surface area contributed by atoms with E-state index in [4.69, 9.17) is 16.3 Å². The van der Waals surface area contributed by atoms with Gasteiger partial charge in [-0.15, -0.1) is 11.8 Å². The van der Waals surface area contributed by atoms with E-state index >= 15 is 0 Å². The summed E-state index contributed by atoms with van der Waals surface area (Å²) in [6.07, 6.45) is 0.164. The Morgan fingerprint density at radius 2 is 1.93 bits per heavy atom. The molecule has 2 aromatic carbocycles. The smallest absolute Gasteiger partial charge is 0.307 e. The molecule has 0 aliphatic rings. The van der Waals surface area contributed by atoms with Gasteiger partial charge in [-0.25, -0.2) is 0 Å². The number of ether oxygens (including phenoxy) is 1. The van der Waals surface area contributed by atoms with E-state index in [2.05, 4.69) is 5.32 Å². The average molecular weight is 409 g/mol. The minimum absolute atomic E-state index is 0.0601. The first-order valence-corrected chi connectivity index (χ1v) is 9.30. The van der Waals surface area contributed by atoms with E-state index in [1.54, 1.807) is 19.1 Å². The van der Waals surface area contributed by atoms with Crippen LogP contribution in [0.2, 0.25) is 5.02 Å². The van der Waals surface area contributed by atoms with Crippen molar-refractivity contribution in [1.29, 1.82) is 0 Å². The first-order valence-electron chi connectivity index (χ1n) is 7.94. The summed E-state index contributed by atoms with van der Waals surface area (Å²) in [6.45, 7) is 1.23. The normalized spacial score (nSPS) is 10.3. The number of nitro benzene ring substituents is 1. The number of nitro groups is 1. The van der Waals surface area contributed by atoms with Crippen LogP contribution in [0.1, 0.15) is 12.0 Å². The molecular weight excluding hydrogens is 392 g/mol. The maximum atomic E-state index is 11.9. The molecule has 0 fully saturated rings. The van der Waals surface area contributed by atoms with E-state index in [1.807, 2.05) is 12.1 Å². The number of hydrogen-bond donors (Lipinski definition) is 1. The van der Waals surface area contributed by atoms with Crippen molar-refractivity contribution < 1.29 is 19.2 Å². The fraction of sp³-hybridized carbons (Fsp3) is 0.222. The van der Waals surface area contributed by atoms with Gasteiger partial charge >= 0.3 is 5.97 Å². The second-order valence-corrected chi connectivity index (χ2v) is 7.12. The van der Waals surface area contributed by atoms with E-state index in [0.717, 1.165) is 4.90 Å². The highest BCUT2D eigenvalue weighted by atomic mass is 35.5. The number of nitrogens with zero attached hydrogens (tertiary/aromatic N) is 1. The van der Waals surface area contributed by atoms with Crippen LogP contribution in [0.25, 0.3) is 0 Å². The maximum Gasteiger partial charge on any atom is 0.307 e. The number of carbonyl (C=O) groups excluding carboxylic acids is 2. The van der Waals surface area contributed by atoms with Crippen LogP contribution in [0.4, 0.5) is 11.4 Å². The van der Waals surface area contributed by atoms with Gasteiger partial charge in [-0.05, 0) is 42.8 Å². The molecule has 0 radical (unpaired) electrons. The lowest BCUT2D eigenvalue weighted by molar-refractivity contribution is -0.384. The second kappa shape index (κ2) is 9.94. The summed E-state index contributed by atoms with van der Waals surface area (Å²) in [5.41, 5.74) is 0.915. The van der Waals surface area contributed by atoms with E-state index in [1.165, 1.54) is 30.0 Å². The Bertz CT molecular complexity index is 842. The van der Waals surface area contributed by atoms with Gasteiger partial charge in [-0.2, -0.15) is 0 Å². The van der Waals surface area contributed by atoms with Crippen molar-refractivity contribution in [3.63, 3.8) is 0 Å². The minimum atomic E-state index is -0.511. The molecule has 1 N–H and O–H groups in total. The van der Waals surface area contributed by atoms with Gasteiger partial charge in [0.25, 0.3) is 11.6 Å². The largest absolute Gasteiger partial charge is 0.456 e. The molecule has 0 bridgehead atoms. The minimum Gasteiger partial charge on any atom is -0.456 e. The van der Waals surface area contributed by atoms with Crippen molar-refractivity contribution in [2.24, 2.45) is 0 Å². The number of halogens is 1. The third-order valence-corrected chi connectivity index (χ3v) is 4.71. The monoisotopic (exact) mass is 408 g/mol. The van der Waals surface area contributed by atoms with Gasteiger partial charge in [0.1, 0.15) is 0 Å². The number of non-ortho nitro benzene ring substituents is 1. The number of aryl methyl sites for hydroxylation is 1. The summed E-state index contributed by atoms with van der Waals surface area (Å²) in [6, 6.07) is 11.4. The van der Waals surface area contributed by atoms with Gasteiger partial charge in [0.2, 0.25) is 0 Å². The Kier molecular flexibility index (Phi) is 7.63. The van der Waals surface area contributed by atoms with Crippen molar-refractivity contribution in [3.05, 3.63) is 63.2 Å². The number of amides is 1. The molecule has 2 aromatic rings. The predicted molar refractivity (Wildman–Crippen MR) is 104 cm³/mol. The van der Waals surface area contributed by atoms with Crippen LogP contribution in [-0.2, 0) is 14.3 Å². The summed E-state index contributed by atoms with van der Waals surface area (Å²) in [7, 11) is 0. The predicted octanol–water partition coefficient (Wildman–Crippen LogP) is 4.22. The zero-order valence-electron chi connectivity index (χ0n) is 14.4. The van der Waals surface area contributed by atoms with E-state index in [9.17, 15) is 19.7 Å². The molecule has 0 aromatic heterocycles. The van der Waals surface area contributed by atoms with E-state index in [0.29, 0.717) is 22.0 Å². The van der Waals surface area contributed by atoms with Crippen LogP contribution >= 0.6 is 23.4 Å². The van der Waals surface area contributed by atoms with Crippen LogP contribution in [0.15, 0.2) is 47.4 Å². The number of anilines is 1. The summed E-state index contributed by atoms with van der Waals surface area (Å²) < 4.78 is 4.94. The van der Waals surface area contributed by atoms with Gasteiger partial charge in [0.05, 0.1) is 11.3 Å². The summed E-state index contributed by atoms with van der Waals surface area (Å²) >= 11 is 7.29. The molecule has 0 aliphatic carbocycles. The maximum absolute atomic E-state index is 11.9. The number of benzene rings is 2. The van der Waals surface area contributed by atoms with Crippen LogP contribution in [-0.4, -0.2) is 29.2 Å². The first kappa shape index (κ1) is 20.7. The number of hydrogen-bond acceptors (Lipinski definition) is 6. The zero-order valence-corrected chi connectivity index (χ0v) is 16.0. The molecule has 0 aliphatic heterocycles. The van der Waals surface area contributed by atoms with Crippen molar-refractivity contribution in [1.82, 2.24) is 0 Å². The summed E-state index contributed by atoms with van der Waals surface area (Å²) in [5, 5.41) is 13.9. The van der Waals surface area contributed by atoms with Gasteiger partial charge in [-0.1, -0.05) is 11.6 Å². The highest BCUT2D eigenvalue weighted by Gasteiger charge is 2.12. The Labute approximate surface area is 165 Å². The highest BCUT2D eigenvalue weighted by Crippen LogP contribution is 2.22. The van der Waals surface area contributed by atoms with Crippen LogP contribution in [0.3, 0.4) is 0 Å². The molecule has 0 heterocycles. The molecule has 0 saturated heterocycles. The molecule has 1 amide bonds. The molecule has 9 heteroatoms. The number of rotatable bonds is 8. The fourth-order valence-corrected chi connectivity index (χ4v) is 3.05. The number of esters is 1. The van der Waals surface area contributed by atoms with Gasteiger partial charge in [-0.3, -0.25) is 19.7 Å². The molecular formula is C18H17ClN2O5S. The number of thioether (sulfide) groups is 1. The van der Waals surface area contributed by atoms with E-state index in [-0.39, 0.29) is 12.1 Å². The van der Waals surface area contributed by atoms with Crippen molar-refractivity contribution in [2.75, 3.05) is 17.7 Å². The number of nitrogens with one attached hydrogen (secondary N) is 1. The van der Waals surface area contributed by atoms with Crippen LogP contribution in [0, 0.1) is 17.0 Å². The lowest BCUT2D eigenvalue weighted by Crippen LogP contribution is -2.21. The van der Waals surface area contributed by atoms with Crippen molar-refractivity contribution in [2.45, 2.75) is 18.2 Å². The SMILES string of the molecule is Cc1cc([N+](=O)[O-])ccc1NC(=O)COC(=O)CCSc1ccc(Cl)cc1. The second-order valence-electron chi connectivity index (χ2n) is 5.52. The van der Waals surface area contributed by atoms with Gasteiger partial charge in [0, 0.05) is 33.5 Å². The van der Waals surface area contributed by atoms with E-state index < -0.39 is 23.4 Å². The molecule has 0 atom stereocenters. The average Bonchev–Trinajstić information content (AvgIpc) is 2.63. The van der Waals surface area contributed by atoms with Crippen LogP contribution < -0.4 is 5.32 Å². The first-order chi connectivity index (χ1) is 12.8. The number of carbonyl (C=O) groups is 2. The Morgan fingerprint density at radius 3 is 2.56 bits per heavy atom. The van der Waals surface area contributed by atoms with Crippen molar-refractivity contribution in [3.8, 4) is 0 Å². The molecule has 2 rings (SSSR count). The third kappa shape index (κ3) is 6.92. The lowest BCUT2D eigenvalue weighted by Gasteiger charge is -2.09. The topological polar surface area (TPSA) is 98.5 Å². The highest BCUT2D eigenvalue weighted by molar-refractivity contribution is 7.99. The van der Waals surface area contributed by atoms with Crippen molar-refractivity contribution >= 4 is 46.6 Å². The van der Waals surface area contributed by atoms with Gasteiger partial charge in [0.15, 0.2) is 6.61 Å². The molecule has 27 heavy (non-hydrogen) atoms. The summed E-state index contributed by atoms with van der Waals surface area (Å²) in [4.78, 5) is 34.8. The molecule has 0 saturated carbocycles. The fourth-order valence-electron chi connectivity index (χ4n) is 2.09. The Morgan fingerprint density at radius 1 is 1.22 bits per heavy atom. The Balaban J connectivity index is 1.72. The summed E-state index contributed by atoms with van der Waals surface area (Å²) in [5.74, 6) is -0.471. The molecule has 7 nitrogen and oxygen atoms in total. The zero-order chi connectivity index (χ0) is 19.8. The third-order valence-electron chi connectivity index (χ3n) is 3.45. The molecule has 0 unspecified atom stereocenters. The Hall–Kier alpha value is -2.58. The molecule has 142 valence electrons.